The Hall–Kier alpha value is -2.51. The fraction of sp³-hybridized carbons (Fsp3) is 0.350. The third-order valence-electron chi connectivity index (χ3n) is 5.15. The van der Waals surface area contributed by atoms with Crippen LogP contribution in [0.15, 0.2) is 41.1 Å². The lowest BCUT2D eigenvalue weighted by molar-refractivity contribution is 0.198. The molecule has 1 fully saturated rings. The number of aromatic nitrogens is 4. The number of hydrogen-bond acceptors (Lipinski definition) is 5. The van der Waals surface area contributed by atoms with Crippen LogP contribution in [0, 0.1) is 6.92 Å². The molecule has 1 atom stereocenters. The summed E-state index contributed by atoms with van der Waals surface area (Å²) in [5.74, 6) is 0.947. The van der Waals surface area contributed by atoms with Crippen molar-refractivity contribution >= 4 is 17.5 Å². The minimum absolute atomic E-state index is 0.0800. The summed E-state index contributed by atoms with van der Waals surface area (Å²) in [6, 6.07) is 5.62. The summed E-state index contributed by atoms with van der Waals surface area (Å²) in [4.78, 5) is 23.2. The number of likely N-dealkylation sites (tertiary alicyclic amines) is 1. The van der Waals surface area contributed by atoms with E-state index in [4.69, 9.17) is 4.98 Å². The Morgan fingerprint density at radius 3 is 3.11 bits per heavy atom. The molecule has 1 aliphatic heterocycles. The summed E-state index contributed by atoms with van der Waals surface area (Å²) in [6.45, 7) is 8.67. The molecule has 3 aromatic heterocycles. The molecular formula is C20H23N5OS. The molecular weight excluding hydrogens is 358 g/mol. The first kappa shape index (κ1) is 17.9. The molecule has 1 unspecified atom stereocenters. The maximum absolute atomic E-state index is 12.2. The molecule has 0 saturated carbocycles. The van der Waals surface area contributed by atoms with Gasteiger partial charge in [-0.25, -0.2) is 9.67 Å². The monoisotopic (exact) mass is 381 g/mol. The van der Waals surface area contributed by atoms with Gasteiger partial charge in [-0.15, -0.1) is 11.3 Å². The van der Waals surface area contributed by atoms with Crippen LogP contribution in [0.1, 0.15) is 35.7 Å². The lowest BCUT2D eigenvalue weighted by Gasteiger charge is -2.32. The molecule has 0 bridgehead atoms. The van der Waals surface area contributed by atoms with Gasteiger partial charge in [0.1, 0.15) is 5.82 Å². The molecule has 0 aliphatic carbocycles. The molecule has 1 aliphatic rings. The average Bonchev–Trinajstić information content (AvgIpc) is 3.32. The number of thiophene rings is 1. The Balaban J connectivity index is 1.54. The van der Waals surface area contributed by atoms with E-state index >= 15 is 0 Å². The zero-order valence-corrected chi connectivity index (χ0v) is 16.2. The van der Waals surface area contributed by atoms with Crippen LogP contribution in [0.2, 0.25) is 0 Å². The van der Waals surface area contributed by atoms with Crippen LogP contribution in [0.5, 0.6) is 0 Å². The fourth-order valence-corrected chi connectivity index (χ4v) is 4.36. The van der Waals surface area contributed by atoms with E-state index in [2.05, 4.69) is 28.5 Å². The van der Waals surface area contributed by atoms with Gasteiger partial charge in [0.2, 0.25) is 0 Å². The van der Waals surface area contributed by atoms with Crippen molar-refractivity contribution in [1.82, 2.24) is 24.6 Å². The highest BCUT2D eigenvalue weighted by Crippen LogP contribution is 2.28. The van der Waals surface area contributed by atoms with E-state index in [-0.39, 0.29) is 11.5 Å². The number of rotatable bonds is 5. The van der Waals surface area contributed by atoms with E-state index in [1.165, 1.54) is 5.56 Å². The van der Waals surface area contributed by atoms with E-state index in [1.807, 2.05) is 28.4 Å². The SMILES string of the molecule is C=Cn1ncc(CN2CCCC(c3cc(=O)[nH]c(-c4cccs4)n3)C2)c1C. The number of nitrogens with zero attached hydrogens (tertiary/aromatic N) is 4. The van der Waals surface area contributed by atoms with Crippen molar-refractivity contribution in [3.05, 3.63) is 63.7 Å². The summed E-state index contributed by atoms with van der Waals surface area (Å²) in [5, 5.41) is 6.34. The predicted octanol–water partition coefficient (Wildman–Crippen LogP) is 3.48. The quantitative estimate of drug-likeness (QED) is 0.735. The lowest BCUT2D eigenvalue weighted by atomic mass is 9.94. The fourth-order valence-electron chi connectivity index (χ4n) is 3.70. The zero-order chi connectivity index (χ0) is 18.8. The summed E-state index contributed by atoms with van der Waals surface area (Å²) in [7, 11) is 0. The molecule has 27 heavy (non-hydrogen) atoms. The van der Waals surface area contributed by atoms with E-state index in [0.29, 0.717) is 5.82 Å². The van der Waals surface area contributed by atoms with Gasteiger partial charge in [0.25, 0.3) is 5.56 Å². The average molecular weight is 382 g/mol. The van der Waals surface area contributed by atoms with Gasteiger partial charge < -0.3 is 4.98 Å². The van der Waals surface area contributed by atoms with Gasteiger partial charge in [0.05, 0.1) is 16.8 Å². The van der Waals surface area contributed by atoms with Crippen LogP contribution in [0.3, 0.4) is 0 Å². The molecule has 7 heteroatoms. The molecule has 140 valence electrons. The van der Waals surface area contributed by atoms with Crippen molar-refractivity contribution in [2.75, 3.05) is 13.1 Å². The van der Waals surface area contributed by atoms with Crippen molar-refractivity contribution in [2.24, 2.45) is 0 Å². The molecule has 0 aromatic carbocycles. The molecule has 4 heterocycles. The van der Waals surface area contributed by atoms with Crippen LogP contribution in [-0.4, -0.2) is 37.7 Å². The van der Waals surface area contributed by atoms with Gasteiger partial charge in [-0.2, -0.15) is 5.10 Å². The molecule has 4 rings (SSSR count). The van der Waals surface area contributed by atoms with Crippen molar-refractivity contribution in [2.45, 2.75) is 32.2 Å². The maximum atomic E-state index is 12.2. The second kappa shape index (κ2) is 7.62. The van der Waals surface area contributed by atoms with Gasteiger partial charge in [0, 0.05) is 42.5 Å². The van der Waals surface area contributed by atoms with Crippen LogP contribution >= 0.6 is 11.3 Å². The van der Waals surface area contributed by atoms with Crippen LogP contribution in [0.25, 0.3) is 16.9 Å². The Bertz CT molecular complexity index is 988. The van der Waals surface area contributed by atoms with Crippen molar-refractivity contribution in [3.8, 4) is 10.7 Å². The summed E-state index contributed by atoms with van der Waals surface area (Å²) in [5.41, 5.74) is 3.16. The molecule has 1 saturated heterocycles. The van der Waals surface area contributed by atoms with Gasteiger partial charge in [-0.1, -0.05) is 12.6 Å². The first-order valence-electron chi connectivity index (χ1n) is 9.17. The van der Waals surface area contributed by atoms with Crippen LogP contribution in [0.4, 0.5) is 0 Å². The molecule has 6 nitrogen and oxygen atoms in total. The minimum Gasteiger partial charge on any atom is -0.306 e. The van der Waals surface area contributed by atoms with E-state index < -0.39 is 0 Å². The highest BCUT2D eigenvalue weighted by Gasteiger charge is 2.24. The van der Waals surface area contributed by atoms with E-state index in [1.54, 1.807) is 23.6 Å². The van der Waals surface area contributed by atoms with Crippen LogP contribution < -0.4 is 5.56 Å². The summed E-state index contributed by atoms with van der Waals surface area (Å²) >= 11 is 1.59. The second-order valence-electron chi connectivity index (χ2n) is 6.95. The van der Waals surface area contributed by atoms with Crippen molar-refractivity contribution in [3.63, 3.8) is 0 Å². The number of nitrogens with one attached hydrogen (secondary N) is 1. The second-order valence-corrected chi connectivity index (χ2v) is 7.90. The maximum Gasteiger partial charge on any atom is 0.251 e. The number of piperidine rings is 1. The predicted molar refractivity (Wildman–Crippen MR) is 109 cm³/mol. The smallest absolute Gasteiger partial charge is 0.251 e. The first-order valence-corrected chi connectivity index (χ1v) is 10.0. The Kier molecular flexibility index (Phi) is 5.05. The molecule has 1 N–H and O–H groups in total. The number of H-pyrrole nitrogens is 1. The van der Waals surface area contributed by atoms with Gasteiger partial charge in [-0.05, 0) is 37.8 Å². The molecule has 0 spiro atoms. The van der Waals surface area contributed by atoms with E-state index in [9.17, 15) is 4.79 Å². The third-order valence-corrected chi connectivity index (χ3v) is 6.03. The van der Waals surface area contributed by atoms with Crippen molar-refractivity contribution in [1.29, 1.82) is 0 Å². The highest BCUT2D eigenvalue weighted by atomic mass is 32.1. The van der Waals surface area contributed by atoms with Gasteiger partial charge in [-0.3, -0.25) is 9.69 Å². The lowest BCUT2D eigenvalue weighted by Crippen LogP contribution is -2.34. The number of hydrogen-bond donors (Lipinski definition) is 1. The summed E-state index contributed by atoms with van der Waals surface area (Å²) < 4.78 is 1.81. The first-order chi connectivity index (χ1) is 13.1. The van der Waals surface area contributed by atoms with Crippen molar-refractivity contribution < 1.29 is 0 Å². The zero-order valence-electron chi connectivity index (χ0n) is 15.4. The summed E-state index contributed by atoms with van der Waals surface area (Å²) in [6.07, 6.45) is 5.80. The number of aromatic amines is 1. The largest absolute Gasteiger partial charge is 0.306 e. The Morgan fingerprint density at radius 1 is 1.48 bits per heavy atom. The topological polar surface area (TPSA) is 66.8 Å². The van der Waals surface area contributed by atoms with E-state index in [0.717, 1.165) is 48.7 Å². The molecule has 3 aromatic rings. The molecule has 0 amide bonds. The normalized spacial score (nSPS) is 17.9. The Labute approximate surface area is 162 Å². The third kappa shape index (κ3) is 3.79. The van der Waals surface area contributed by atoms with Gasteiger partial charge in [0.15, 0.2) is 0 Å². The van der Waals surface area contributed by atoms with Crippen LogP contribution in [-0.2, 0) is 6.54 Å². The van der Waals surface area contributed by atoms with Gasteiger partial charge >= 0.3 is 0 Å². The Morgan fingerprint density at radius 2 is 2.37 bits per heavy atom. The minimum atomic E-state index is -0.0800. The highest BCUT2D eigenvalue weighted by molar-refractivity contribution is 7.13. The molecule has 0 radical (unpaired) electrons. The standard InChI is InChI=1S/C20H23N5OS/c1-3-25-14(2)16(11-21-25)13-24-8-4-6-15(12-24)17-10-19(26)23-20(22-17)18-7-5-9-27-18/h3,5,7,9-11,15H,1,4,6,8,12-13H2,2H3,(H,22,23,26).